The van der Waals surface area contributed by atoms with Crippen molar-refractivity contribution in [3.8, 4) is 0 Å². The zero-order valence-electron chi connectivity index (χ0n) is 13.8. The third-order valence-corrected chi connectivity index (χ3v) is 3.59. The number of methoxy groups -OCH3 is 2. The highest BCUT2D eigenvalue weighted by Crippen LogP contribution is 2.33. The number of hydrogen-bond donors (Lipinski definition) is 5. The monoisotopic (exact) mass is 338 g/mol. The lowest BCUT2D eigenvalue weighted by Gasteiger charge is -2.46. The highest BCUT2D eigenvalue weighted by molar-refractivity contribution is 5.78. The van der Waals surface area contributed by atoms with Crippen LogP contribution in [-0.4, -0.2) is 89.3 Å². The van der Waals surface area contributed by atoms with Gasteiger partial charge in [-0.15, -0.1) is 0 Å². The van der Waals surface area contributed by atoms with Crippen LogP contribution in [0.1, 0.15) is 14.7 Å². The fourth-order valence-electron chi connectivity index (χ4n) is 2.42. The van der Waals surface area contributed by atoms with Gasteiger partial charge in [-0.25, -0.2) is 4.79 Å². The van der Waals surface area contributed by atoms with Crippen molar-refractivity contribution in [3.05, 3.63) is 0 Å². The molecule has 1 fully saturated rings. The first kappa shape index (κ1) is 18.0. The van der Waals surface area contributed by atoms with E-state index < -0.39 is 68.2 Å². The molecule has 1 heterocycles. The second-order valence-electron chi connectivity index (χ2n) is 5.21. The van der Waals surface area contributed by atoms with E-state index in [1.807, 2.05) is 0 Å². The summed E-state index contributed by atoms with van der Waals surface area (Å²) in [4.78, 5) is 23.3. The Bertz CT molecular complexity index is 451. The van der Waals surface area contributed by atoms with Crippen molar-refractivity contribution in [2.75, 3.05) is 20.8 Å². The predicted molar refractivity (Wildman–Crippen MR) is 74.0 cm³/mol. The van der Waals surface area contributed by atoms with E-state index in [1.54, 1.807) is 0 Å². The van der Waals surface area contributed by atoms with Gasteiger partial charge in [-0.05, 0) is 0 Å². The van der Waals surface area contributed by atoms with E-state index in [0.717, 1.165) is 7.11 Å². The van der Waals surface area contributed by atoms with Crippen LogP contribution >= 0.6 is 0 Å². The molecule has 134 valence electrons. The minimum absolute atomic E-state index is 0.470. The Hall–Kier alpha value is -1.30. The Labute approximate surface area is 134 Å². The first-order valence-electron chi connectivity index (χ1n) is 7.54. The van der Waals surface area contributed by atoms with Gasteiger partial charge in [0.15, 0.2) is 0 Å². The lowest BCUT2D eigenvalue weighted by molar-refractivity contribution is -0.305. The molecule has 0 aromatic rings. The van der Waals surface area contributed by atoms with Crippen molar-refractivity contribution in [1.82, 2.24) is 5.32 Å². The smallest absolute Gasteiger partial charge is 0.366 e. The topological polar surface area (TPSA) is 155 Å². The van der Waals surface area contributed by atoms with Crippen molar-refractivity contribution in [2.45, 2.75) is 49.6 Å². The van der Waals surface area contributed by atoms with E-state index in [0.29, 0.717) is 0 Å². The summed E-state index contributed by atoms with van der Waals surface area (Å²) in [5, 5.41) is 41.4. The number of carbonyl (C=O) groups excluding carboxylic acids is 2. The third kappa shape index (κ3) is 4.16. The molecule has 5 N–H and O–H groups in total. The number of aliphatic hydroxyl groups is 4. The lowest BCUT2D eigenvalue weighted by atomic mass is 9.88. The Morgan fingerprint density at radius 1 is 1.52 bits per heavy atom. The molecule has 23 heavy (non-hydrogen) atoms. The summed E-state index contributed by atoms with van der Waals surface area (Å²) in [7, 11) is 0.332. The average Bonchev–Trinajstić information content (AvgIpc) is 2.54. The van der Waals surface area contributed by atoms with Gasteiger partial charge in [0, 0.05) is 20.4 Å². The number of esters is 1. The molecular formula is C13H23NO9. The predicted octanol–water partition coefficient (Wildman–Crippen LogP) is -3.13. The van der Waals surface area contributed by atoms with Gasteiger partial charge in [-0.3, -0.25) is 4.79 Å². The summed E-state index contributed by atoms with van der Waals surface area (Å²) in [6.45, 7) is 0.343. The van der Waals surface area contributed by atoms with Crippen molar-refractivity contribution in [1.29, 1.82) is 0 Å². The van der Waals surface area contributed by atoms with Crippen LogP contribution in [0.5, 0.6) is 0 Å². The Kier molecular flexibility index (Phi) is 6.27. The van der Waals surface area contributed by atoms with Crippen LogP contribution in [0.4, 0.5) is 0 Å². The van der Waals surface area contributed by atoms with Crippen molar-refractivity contribution in [2.24, 2.45) is 0 Å². The Morgan fingerprint density at radius 2 is 2.17 bits per heavy atom. The molecule has 1 saturated heterocycles. The fraction of sp³-hybridized carbons (Fsp3) is 0.846. The number of rotatable bonds is 6. The summed E-state index contributed by atoms with van der Waals surface area (Å²) in [5.41, 5.74) is 0. The number of hydrogen-bond acceptors (Lipinski definition) is 9. The number of ether oxygens (including phenoxy) is 3. The summed E-state index contributed by atoms with van der Waals surface area (Å²) in [6.07, 6.45) is -6.82. The van der Waals surface area contributed by atoms with Gasteiger partial charge in [0.05, 0.1) is 27.2 Å². The van der Waals surface area contributed by atoms with E-state index in [1.165, 1.54) is 6.92 Å². The number of aliphatic hydroxyl groups excluding tert-OH is 4. The quantitative estimate of drug-likeness (QED) is 0.316. The molecular weight excluding hydrogens is 314 g/mol. The lowest BCUT2D eigenvalue weighted by Crippen LogP contribution is -2.67. The summed E-state index contributed by atoms with van der Waals surface area (Å²) in [5.74, 6) is -3.79. The number of nitrogens with one attached hydrogen (secondary N) is 1. The molecule has 0 saturated carbocycles. The maximum atomic E-state index is 12.0. The summed E-state index contributed by atoms with van der Waals surface area (Å²) < 4.78 is 22.1. The minimum atomic E-state index is -2.19. The molecule has 0 aromatic carbocycles. The highest BCUT2D eigenvalue weighted by Gasteiger charge is 2.55. The number of amides is 1. The van der Waals surface area contributed by atoms with E-state index >= 15 is 0 Å². The average molecular weight is 338 g/mol. The molecule has 0 bridgehead atoms. The Morgan fingerprint density at radius 3 is 2.65 bits per heavy atom. The van der Waals surface area contributed by atoms with Crippen LogP contribution < -0.4 is 5.32 Å². The first-order chi connectivity index (χ1) is 11.2. The van der Waals surface area contributed by atoms with Gasteiger partial charge in [-0.1, -0.05) is 0 Å². The second-order valence-corrected chi connectivity index (χ2v) is 5.21. The Balaban J connectivity index is 3.21. The summed E-state index contributed by atoms with van der Waals surface area (Å²) in [6, 6.07) is -1.19. The van der Waals surface area contributed by atoms with Crippen LogP contribution in [0.15, 0.2) is 0 Å². The molecule has 1 unspecified atom stereocenters. The highest BCUT2D eigenvalue weighted by atomic mass is 16.7. The second kappa shape index (κ2) is 7.99. The summed E-state index contributed by atoms with van der Waals surface area (Å²) >= 11 is 0. The molecule has 0 aromatic heterocycles. The molecule has 6 atom stereocenters. The SMILES string of the molecule is [2H]COC1(C(=O)OC)C[C@H](O)[C@@H](NC(C)=O)[C@H]([C@H](O)[C@H](O)CO)O1. The van der Waals surface area contributed by atoms with Crippen molar-refractivity contribution >= 4 is 11.9 Å². The zero-order valence-corrected chi connectivity index (χ0v) is 12.8. The molecule has 1 aliphatic rings. The van der Waals surface area contributed by atoms with E-state index in [2.05, 4.69) is 10.1 Å². The van der Waals surface area contributed by atoms with Gasteiger partial charge in [0.2, 0.25) is 5.91 Å². The van der Waals surface area contributed by atoms with E-state index in [4.69, 9.17) is 16.0 Å². The first-order valence-corrected chi connectivity index (χ1v) is 6.84. The molecule has 1 amide bonds. The van der Waals surface area contributed by atoms with Gasteiger partial charge < -0.3 is 40.0 Å². The van der Waals surface area contributed by atoms with Crippen LogP contribution in [0.25, 0.3) is 0 Å². The van der Waals surface area contributed by atoms with E-state index in [-0.39, 0.29) is 0 Å². The van der Waals surface area contributed by atoms with Crippen LogP contribution in [0.2, 0.25) is 0 Å². The van der Waals surface area contributed by atoms with Crippen LogP contribution in [0, 0.1) is 0 Å². The molecule has 1 aliphatic heterocycles. The van der Waals surface area contributed by atoms with E-state index in [9.17, 15) is 24.9 Å². The molecule has 10 heteroatoms. The molecule has 10 nitrogen and oxygen atoms in total. The minimum Gasteiger partial charge on any atom is -0.465 e. The van der Waals surface area contributed by atoms with Gasteiger partial charge in [0.25, 0.3) is 5.79 Å². The largest absolute Gasteiger partial charge is 0.465 e. The maximum Gasteiger partial charge on any atom is 0.366 e. The third-order valence-electron chi connectivity index (χ3n) is 3.59. The number of carbonyl (C=O) groups is 2. The van der Waals surface area contributed by atoms with Crippen LogP contribution in [-0.2, 0) is 23.8 Å². The van der Waals surface area contributed by atoms with Crippen molar-refractivity contribution in [3.63, 3.8) is 0 Å². The normalized spacial score (nSPS) is 34.2. The zero-order chi connectivity index (χ0) is 18.5. The van der Waals surface area contributed by atoms with Gasteiger partial charge in [0.1, 0.15) is 18.3 Å². The molecule has 0 aliphatic carbocycles. The van der Waals surface area contributed by atoms with Crippen LogP contribution in [0.3, 0.4) is 0 Å². The van der Waals surface area contributed by atoms with Crippen molar-refractivity contribution < 1.29 is 45.6 Å². The fourth-order valence-corrected chi connectivity index (χ4v) is 2.42. The maximum absolute atomic E-state index is 12.0. The molecule has 1 rings (SSSR count). The van der Waals surface area contributed by atoms with Gasteiger partial charge in [-0.2, -0.15) is 0 Å². The standard InChI is InChI=1S/C13H23NO9/c1-6(16)14-9-7(17)4-13(22-3,12(20)21-2)23-11(9)10(19)8(18)5-15/h7-11,15,17-19H,4-5H2,1-3H3,(H,14,16)/t7-,8+,9+,10+,11+,13?/m0/s1/i3D. The molecule has 0 radical (unpaired) electrons. The van der Waals surface area contributed by atoms with Gasteiger partial charge >= 0.3 is 5.97 Å². The molecule has 0 spiro atoms.